The molecule has 1 saturated heterocycles. The van der Waals surface area contributed by atoms with Crippen LogP contribution in [-0.4, -0.2) is 45.6 Å². The molecular formula is C23H25N7. The first kappa shape index (κ1) is 18.6. The van der Waals surface area contributed by atoms with Gasteiger partial charge < -0.3 is 20.9 Å². The molecule has 3 heterocycles. The summed E-state index contributed by atoms with van der Waals surface area (Å²) in [6.07, 6.45) is 2.73. The van der Waals surface area contributed by atoms with E-state index in [2.05, 4.69) is 79.4 Å². The molecule has 0 unspecified atom stereocenters. The Morgan fingerprint density at radius 1 is 0.967 bits per heavy atom. The number of nitrogens with one attached hydrogen (secondary N) is 4. The Balaban J connectivity index is 1.43. The van der Waals surface area contributed by atoms with E-state index in [-0.39, 0.29) is 5.92 Å². The van der Waals surface area contributed by atoms with Crippen molar-refractivity contribution in [3.05, 3.63) is 78.1 Å². The lowest BCUT2D eigenvalue weighted by Crippen LogP contribution is -2.24. The van der Waals surface area contributed by atoms with E-state index < -0.39 is 0 Å². The smallest absolute Gasteiger partial charge is 0.227 e. The van der Waals surface area contributed by atoms with Crippen molar-refractivity contribution < 1.29 is 0 Å². The van der Waals surface area contributed by atoms with Gasteiger partial charge in [0.2, 0.25) is 5.95 Å². The number of fused-ring (bicyclic) bond motifs is 1. The number of benzene rings is 2. The predicted molar refractivity (Wildman–Crippen MR) is 120 cm³/mol. The minimum Gasteiger partial charge on any atom is -0.367 e. The monoisotopic (exact) mass is 399 g/mol. The number of rotatable bonds is 7. The first-order valence-electron chi connectivity index (χ1n) is 10.4. The largest absolute Gasteiger partial charge is 0.367 e. The molecule has 1 aliphatic rings. The van der Waals surface area contributed by atoms with Gasteiger partial charge in [-0.3, -0.25) is 0 Å². The number of nitrogens with zero attached hydrogens (tertiary/aromatic N) is 3. The Bertz CT molecular complexity index is 1050. The van der Waals surface area contributed by atoms with Crippen molar-refractivity contribution in [1.29, 1.82) is 0 Å². The Morgan fingerprint density at radius 2 is 1.70 bits per heavy atom. The van der Waals surface area contributed by atoms with E-state index in [1.807, 2.05) is 12.1 Å². The van der Waals surface area contributed by atoms with E-state index in [1.165, 1.54) is 11.1 Å². The lowest BCUT2D eigenvalue weighted by Gasteiger charge is -2.20. The summed E-state index contributed by atoms with van der Waals surface area (Å²) in [5.41, 5.74) is 4.02. The molecule has 1 aliphatic heterocycles. The first-order valence-corrected chi connectivity index (χ1v) is 10.4. The predicted octanol–water partition coefficient (Wildman–Crippen LogP) is 3.37. The summed E-state index contributed by atoms with van der Waals surface area (Å²) >= 11 is 0. The summed E-state index contributed by atoms with van der Waals surface area (Å²) in [7, 11) is 0. The molecule has 0 aliphatic carbocycles. The van der Waals surface area contributed by atoms with Crippen LogP contribution in [0.15, 0.2) is 67.0 Å². The zero-order chi connectivity index (χ0) is 20.2. The molecule has 7 nitrogen and oxygen atoms in total. The maximum Gasteiger partial charge on any atom is 0.227 e. The van der Waals surface area contributed by atoms with Crippen molar-refractivity contribution in [1.82, 2.24) is 25.3 Å². The van der Waals surface area contributed by atoms with Crippen LogP contribution < -0.4 is 16.0 Å². The third-order valence-corrected chi connectivity index (χ3v) is 5.56. The lowest BCUT2D eigenvalue weighted by atomic mass is 9.91. The number of H-pyrrole nitrogens is 1. The molecule has 2 aromatic carbocycles. The fourth-order valence-electron chi connectivity index (χ4n) is 3.98. The number of hydrogen-bond donors (Lipinski definition) is 4. The van der Waals surface area contributed by atoms with Crippen LogP contribution >= 0.6 is 0 Å². The molecular weight excluding hydrogens is 374 g/mol. The molecule has 5 rings (SSSR count). The number of hydrogen-bond acceptors (Lipinski definition) is 6. The average molecular weight is 400 g/mol. The summed E-state index contributed by atoms with van der Waals surface area (Å²) in [4.78, 5) is 16.9. The summed E-state index contributed by atoms with van der Waals surface area (Å²) in [5.74, 6) is 1.58. The molecule has 4 aromatic rings. The number of anilines is 2. The zero-order valence-electron chi connectivity index (χ0n) is 16.7. The maximum absolute atomic E-state index is 4.76. The molecule has 4 N–H and O–H groups in total. The fraction of sp³-hybridized carbons (Fsp3) is 0.261. The molecule has 0 bridgehead atoms. The van der Waals surface area contributed by atoms with E-state index in [1.54, 1.807) is 6.33 Å². The highest BCUT2D eigenvalue weighted by molar-refractivity contribution is 5.83. The van der Waals surface area contributed by atoms with Crippen molar-refractivity contribution in [2.45, 2.75) is 18.4 Å². The summed E-state index contributed by atoms with van der Waals surface area (Å²) < 4.78 is 0. The second kappa shape index (κ2) is 8.51. The molecule has 0 radical (unpaired) electrons. The Morgan fingerprint density at radius 3 is 2.37 bits per heavy atom. The van der Waals surface area contributed by atoms with Crippen molar-refractivity contribution in [2.24, 2.45) is 0 Å². The highest BCUT2D eigenvalue weighted by Gasteiger charge is 2.19. The summed E-state index contributed by atoms with van der Waals surface area (Å²) in [6, 6.07) is 21.5. The molecule has 152 valence electrons. The molecule has 0 saturated carbocycles. The van der Waals surface area contributed by atoms with Crippen LogP contribution in [0.25, 0.3) is 11.2 Å². The van der Waals surface area contributed by atoms with Crippen LogP contribution in [-0.2, 0) is 0 Å². The molecule has 30 heavy (non-hydrogen) atoms. The van der Waals surface area contributed by atoms with E-state index in [4.69, 9.17) is 4.98 Å². The van der Waals surface area contributed by atoms with Gasteiger partial charge in [-0.15, -0.1) is 0 Å². The van der Waals surface area contributed by atoms with Crippen LogP contribution in [0.3, 0.4) is 0 Å². The van der Waals surface area contributed by atoms with Crippen molar-refractivity contribution in [3.8, 4) is 0 Å². The van der Waals surface area contributed by atoms with E-state index in [0.717, 1.165) is 30.8 Å². The highest BCUT2D eigenvalue weighted by Crippen LogP contribution is 2.26. The van der Waals surface area contributed by atoms with Gasteiger partial charge >= 0.3 is 0 Å². The van der Waals surface area contributed by atoms with Gasteiger partial charge in [0.05, 0.1) is 6.33 Å². The van der Waals surface area contributed by atoms with Crippen LogP contribution in [0.5, 0.6) is 0 Å². The Hall–Kier alpha value is -3.45. The van der Waals surface area contributed by atoms with Gasteiger partial charge in [0.25, 0.3) is 0 Å². The van der Waals surface area contributed by atoms with Crippen LogP contribution in [0.4, 0.5) is 11.8 Å². The minimum atomic E-state index is 0.204. The minimum absolute atomic E-state index is 0.204. The Kier molecular flexibility index (Phi) is 5.26. The average Bonchev–Trinajstić information content (AvgIpc) is 3.47. The number of aromatic nitrogens is 4. The van der Waals surface area contributed by atoms with Crippen molar-refractivity contribution in [2.75, 3.05) is 30.3 Å². The quantitative estimate of drug-likeness (QED) is 0.381. The molecule has 1 atom stereocenters. The van der Waals surface area contributed by atoms with Gasteiger partial charge in [-0.2, -0.15) is 9.97 Å². The molecule has 0 spiro atoms. The van der Waals surface area contributed by atoms with Crippen LogP contribution in [0.1, 0.15) is 23.5 Å². The van der Waals surface area contributed by atoms with Gasteiger partial charge in [0, 0.05) is 25.0 Å². The van der Waals surface area contributed by atoms with Gasteiger partial charge in [-0.1, -0.05) is 60.7 Å². The van der Waals surface area contributed by atoms with Gasteiger partial charge in [-0.05, 0) is 24.1 Å². The third-order valence-electron chi connectivity index (χ3n) is 5.56. The van der Waals surface area contributed by atoms with Gasteiger partial charge in [-0.25, -0.2) is 4.98 Å². The Labute approximate surface area is 175 Å². The maximum atomic E-state index is 4.76. The summed E-state index contributed by atoms with van der Waals surface area (Å²) in [5, 5.41) is 10.4. The second-order valence-corrected chi connectivity index (χ2v) is 7.59. The zero-order valence-corrected chi connectivity index (χ0v) is 16.7. The molecule has 0 amide bonds. The highest BCUT2D eigenvalue weighted by atomic mass is 15.2. The van der Waals surface area contributed by atoms with E-state index in [0.29, 0.717) is 24.2 Å². The normalized spacial score (nSPS) is 16.2. The van der Waals surface area contributed by atoms with Gasteiger partial charge in [0.15, 0.2) is 11.5 Å². The van der Waals surface area contributed by atoms with Crippen LogP contribution in [0, 0.1) is 0 Å². The lowest BCUT2D eigenvalue weighted by molar-refractivity contribution is 0.781. The standard InChI is InChI=1S/C23H25N7/c1-3-7-16(8-4-1)19(17-9-5-2-6-10-17)14-25-21-20-22(27-15-26-20)30-23(29-21)28-18-11-12-24-13-18/h1-10,15,18-19,24H,11-14H2,(H3,25,26,27,28,29,30)/t18-/m0/s1. The molecule has 1 fully saturated rings. The number of aromatic amines is 1. The molecule has 7 heteroatoms. The third kappa shape index (κ3) is 3.97. The van der Waals surface area contributed by atoms with Crippen molar-refractivity contribution in [3.63, 3.8) is 0 Å². The SMILES string of the molecule is c1ccc(C(CNc2nc(N[C@H]3CCNC3)nc3nc[nH]c23)c2ccccc2)cc1. The van der Waals surface area contributed by atoms with Gasteiger partial charge in [0.1, 0.15) is 5.52 Å². The second-order valence-electron chi connectivity index (χ2n) is 7.59. The first-order chi connectivity index (χ1) is 14.9. The fourth-order valence-corrected chi connectivity index (χ4v) is 3.98. The molecule has 2 aromatic heterocycles. The van der Waals surface area contributed by atoms with E-state index >= 15 is 0 Å². The van der Waals surface area contributed by atoms with Crippen molar-refractivity contribution >= 4 is 22.9 Å². The topological polar surface area (TPSA) is 90.6 Å². The van der Waals surface area contributed by atoms with E-state index in [9.17, 15) is 0 Å². The number of imidazole rings is 1. The summed E-state index contributed by atoms with van der Waals surface area (Å²) in [6.45, 7) is 2.65. The van der Waals surface area contributed by atoms with Crippen LogP contribution in [0.2, 0.25) is 0 Å².